The van der Waals surface area contributed by atoms with E-state index in [4.69, 9.17) is 10.5 Å². The van der Waals surface area contributed by atoms with Crippen LogP contribution < -0.4 is 11.1 Å². The van der Waals surface area contributed by atoms with Crippen molar-refractivity contribution < 1.29 is 9.53 Å². The Labute approximate surface area is 114 Å². The molecule has 106 valence electrons. The molecule has 0 bridgehead atoms. The number of amides is 1. The lowest BCUT2D eigenvalue weighted by Crippen LogP contribution is -2.25. The van der Waals surface area contributed by atoms with Gasteiger partial charge in [-0.1, -0.05) is 31.2 Å². The fraction of sp³-hybridized carbons (Fsp3) is 0.500. The van der Waals surface area contributed by atoms with E-state index in [0.29, 0.717) is 19.8 Å². The summed E-state index contributed by atoms with van der Waals surface area (Å²) in [6.45, 7) is 4.26. The summed E-state index contributed by atoms with van der Waals surface area (Å²) in [4.78, 5) is 13.3. The maximum absolute atomic E-state index is 11.3. The summed E-state index contributed by atoms with van der Waals surface area (Å²) < 4.78 is 4.93. The van der Waals surface area contributed by atoms with Crippen molar-refractivity contribution in [2.75, 3.05) is 20.3 Å². The number of nitrogens with two attached hydrogens (primary N) is 1. The van der Waals surface area contributed by atoms with Gasteiger partial charge in [-0.15, -0.1) is 0 Å². The summed E-state index contributed by atoms with van der Waals surface area (Å²) in [6, 6.07) is 8.08. The fourth-order valence-electron chi connectivity index (χ4n) is 1.56. The van der Waals surface area contributed by atoms with Crippen LogP contribution in [0.2, 0.25) is 0 Å². The zero-order valence-electron chi connectivity index (χ0n) is 11.7. The normalized spacial score (nSPS) is 10.5. The van der Waals surface area contributed by atoms with Gasteiger partial charge in [-0.3, -0.25) is 4.90 Å². The second kappa shape index (κ2) is 8.50. The van der Waals surface area contributed by atoms with Gasteiger partial charge in [0.2, 0.25) is 0 Å². The number of carbonyl (C=O) groups excluding carboxylic acids is 1. The minimum absolute atomic E-state index is 0.367. The molecule has 0 atom stereocenters. The number of nitrogens with one attached hydrogen (secondary N) is 1. The van der Waals surface area contributed by atoms with Crippen molar-refractivity contribution in [2.45, 2.75) is 26.4 Å². The quantitative estimate of drug-likeness (QED) is 0.736. The minimum Gasteiger partial charge on any atom is -0.450 e. The third kappa shape index (κ3) is 6.22. The van der Waals surface area contributed by atoms with Crippen molar-refractivity contribution in [1.82, 2.24) is 10.2 Å². The highest BCUT2D eigenvalue weighted by molar-refractivity contribution is 5.67. The molecule has 0 saturated carbocycles. The summed E-state index contributed by atoms with van der Waals surface area (Å²) in [5, 5.41) is 2.71. The first kappa shape index (κ1) is 15.5. The van der Waals surface area contributed by atoms with Crippen LogP contribution in [0.25, 0.3) is 0 Å². The Bertz CT molecular complexity index is 379. The van der Waals surface area contributed by atoms with Crippen LogP contribution in [-0.2, 0) is 17.8 Å². The molecule has 0 unspecified atom stereocenters. The Hall–Kier alpha value is -1.59. The van der Waals surface area contributed by atoms with Crippen LogP contribution in [0.15, 0.2) is 24.3 Å². The van der Waals surface area contributed by atoms with Crippen LogP contribution in [0.3, 0.4) is 0 Å². The van der Waals surface area contributed by atoms with Gasteiger partial charge in [-0.05, 0) is 24.6 Å². The van der Waals surface area contributed by atoms with Crippen molar-refractivity contribution >= 4 is 6.09 Å². The standard InChI is InChI=1S/C14H23N3O2/c1-3-8-19-14(18)16-9-12-4-6-13(7-5-12)10-17(2)11-15/h4-7H,3,8-11,15H2,1-2H3,(H,16,18). The van der Waals surface area contributed by atoms with Crippen molar-refractivity contribution in [2.24, 2.45) is 5.73 Å². The summed E-state index contributed by atoms with van der Waals surface area (Å²) in [7, 11) is 1.97. The maximum Gasteiger partial charge on any atom is 0.407 e. The zero-order chi connectivity index (χ0) is 14.1. The lowest BCUT2D eigenvalue weighted by Gasteiger charge is -2.13. The van der Waals surface area contributed by atoms with Gasteiger partial charge >= 0.3 is 6.09 Å². The number of alkyl carbamates (subject to hydrolysis) is 1. The lowest BCUT2D eigenvalue weighted by molar-refractivity contribution is 0.146. The molecule has 0 aliphatic rings. The molecule has 0 aliphatic heterocycles. The molecule has 0 aliphatic carbocycles. The predicted molar refractivity (Wildman–Crippen MR) is 75.4 cm³/mol. The molecule has 1 aromatic rings. The first-order valence-electron chi connectivity index (χ1n) is 6.52. The molecule has 1 amide bonds. The molecule has 1 rings (SSSR count). The van der Waals surface area contributed by atoms with E-state index < -0.39 is 0 Å². The molecule has 0 spiro atoms. The second-order valence-corrected chi connectivity index (χ2v) is 4.50. The van der Waals surface area contributed by atoms with Gasteiger partial charge in [0.15, 0.2) is 0 Å². The highest BCUT2D eigenvalue weighted by Crippen LogP contribution is 2.06. The molecule has 5 heteroatoms. The molecule has 5 nitrogen and oxygen atoms in total. The number of rotatable bonds is 7. The summed E-state index contributed by atoms with van der Waals surface area (Å²) in [5.41, 5.74) is 7.78. The molecule has 3 N–H and O–H groups in total. The van der Waals surface area contributed by atoms with Crippen LogP contribution in [0.1, 0.15) is 24.5 Å². The Morgan fingerprint density at radius 3 is 2.53 bits per heavy atom. The van der Waals surface area contributed by atoms with Crippen molar-refractivity contribution in [3.05, 3.63) is 35.4 Å². The van der Waals surface area contributed by atoms with Gasteiger partial charge in [0.05, 0.1) is 6.61 Å². The van der Waals surface area contributed by atoms with E-state index in [1.807, 2.05) is 43.1 Å². The third-order valence-corrected chi connectivity index (χ3v) is 2.66. The highest BCUT2D eigenvalue weighted by Gasteiger charge is 2.02. The molecule has 0 radical (unpaired) electrons. The number of hydrogen-bond acceptors (Lipinski definition) is 4. The zero-order valence-corrected chi connectivity index (χ0v) is 11.7. The molecule has 0 heterocycles. The van der Waals surface area contributed by atoms with Crippen molar-refractivity contribution in [3.8, 4) is 0 Å². The van der Waals surface area contributed by atoms with E-state index in [2.05, 4.69) is 5.32 Å². The van der Waals surface area contributed by atoms with Gasteiger partial charge in [0.1, 0.15) is 0 Å². The molecule has 0 aromatic heterocycles. The van der Waals surface area contributed by atoms with Gasteiger partial charge in [-0.25, -0.2) is 4.79 Å². The first-order chi connectivity index (χ1) is 9.15. The second-order valence-electron chi connectivity index (χ2n) is 4.50. The molecule has 0 fully saturated rings. The summed E-state index contributed by atoms with van der Waals surface area (Å²) in [6.07, 6.45) is 0.463. The molecular weight excluding hydrogens is 242 g/mol. The Balaban J connectivity index is 2.37. The van der Waals surface area contributed by atoms with Crippen LogP contribution in [-0.4, -0.2) is 31.3 Å². The fourth-order valence-corrected chi connectivity index (χ4v) is 1.56. The van der Waals surface area contributed by atoms with Crippen molar-refractivity contribution in [3.63, 3.8) is 0 Å². The van der Waals surface area contributed by atoms with Gasteiger partial charge in [0, 0.05) is 19.8 Å². The average molecular weight is 265 g/mol. The number of carbonyl (C=O) groups is 1. The number of hydrogen-bond donors (Lipinski definition) is 2. The maximum atomic E-state index is 11.3. The summed E-state index contributed by atoms with van der Waals surface area (Å²) in [5.74, 6) is 0. The largest absolute Gasteiger partial charge is 0.450 e. The van der Waals surface area contributed by atoms with E-state index in [9.17, 15) is 4.79 Å². The van der Waals surface area contributed by atoms with Crippen molar-refractivity contribution in [1.29, 1.82) is 0 Å². The Kier molecular flexibility index (Phi) is 6.92. The van der Waals surface area contributed by atoms with Crippen LogP contribution >= 0.6 is 0 Å². The smallest absolute Gasteiger partial charge is 0.407 e. The average Bonchev–Trinajstić information content (AvgIpc) is 2.44. The van der Waals surface area contributed by atoms with E-state index >= 15 is 0 Å². The van der Waals surface area contributed by atoms with E-state index in [0.717, 1.165) is 18.5 Å². The monoisotopic (exact) mass is 265 g/mol. The SMILES string of the molecule is CCCOC(=O)NCc1ccc(CN(C)CN)cc1. The molecule has 0 saturated heterocycles. The van der Waals surface area contributed by atoms with Gasteiger partial charge < -0.3 is 15.8 Å². The van der Waals surface area contributed by atoms with Gasteiger partial charge in [0.25, 0.3) is 0 Å². The van der Waals surface area contributed by atoms with Crippen LogP contribution in [0.5, 0.6) is 0 Å². The first-order valence-corrected chi connectivity index (χ1v) is 6.52. The van der Waals surface area contributed by atoms with Gasteiger partial charge in [-0.2, -0.15) is 0 Å². The Morgan fingerprint density at radius 1 is 1.32 bits per heavy atom. The topological polar surface area (TPSA) is 67.6 Å². The Morgan fingerprint density at radius 2 is 1.95 bits per heavy atom. The molecule has 1 aromatic carbocycles. The molecule has 19 heavy (non-hydrogen) atoms. The minimum atomic E-state index is -0.367. The van der Waals surface area contributed by atoms with Crippen LogP contribution in [0, 0.1) is 0 Å². The molecular formula is C14H23N3O2. The lowest BCUT2D eigenvalue weighted by atomic mass is 10.1. The van der Waals surface area contributed by atoms with Crippen LogP contribution in [0.4, 0.5) is 4.79 Å². The summed E-state index contributed by atoms with van der Waals surface area (Å²) >= 11 is 0. The van der Waals surface area contributed by atoms with E-state index in [1.165, 1.54) is 5.56 Å². The highest BCUT2D eigenvalue weighted by atomic mass is 16.5. The number of nitrogens with zero attached hydrogens (tertiary/aromatic N) is 1. The van der Waals surface area contributed by atoms with E-state index in [1.54, 1.807) is 0 Å². The number of benzene rings is 1. The third-order valence-electron chi connectivity index (χ3n) is 2.66. The predicted octanol–water partition coefficient (Wildman–Crippen LogP) is 1.67. The number of ether oxygens (including phenoxy) is 1. The van der Waals surface area contributed by atoms with E-state index in [-0.39, 0.29) is 6.09 Å².